The topological polar surface area (TPSA) is 55.1 Å². The zero-order valence-electron chi connectivity index (χ0n) is 10.8. The van der Waals surface area contributed by atoms with E-state index in [1.165, 1.54) is 0 Å². The molecule has 96 valence electrons. The molecule has 0 radical (unpaired) electrons. The van der Waals surface area contributed by atoms with Gasteiger partial charge in [-0.25, -0.2) is 0 Å². The number of rotatable bonds is 5. The Labute approximate surface area is 109 Å². The molecule has 1 rings (SSSR count). The number of nitrogens with one attached hydrogen (secondary N) is 1. The molecule has 0 fully saturated rings. The second kappa shape index (κ2) is 8.32. The number of carbonyl (C=O) groups is 1. The number of benzene rings is 1. The molecule has 0 unspecified atom stereocenters. The summed E-state index contributed by atoms with van der Waals surface area (Å²) in [5, 5.41) is 2.91. The molecule has 1 amide bonds. The van der Waals surface area contributed by atoms with Crippen molar-refractivity contribution in [3.05, 3.63) is 35.4 Å². The average molecular weight is 244 g/mol. The molecule has 0 saturated heterocycles. The Balaban J connectivity index is 2.57. The fourth-order valence-electron chi connectivity index (χ4n) is 1.57. The summed E-state index contributed by atoms with van der Waals surface area (Å²) in [7, 11) is 0. The predicted octanol–water partition coefficient (Wildman–Crippen LogP) is 1.92. The van der Waals surface area contributed by atoms with Crippen molar-refractivity contribution in [2.24, 2.45) is 5.73 Å². The molecule has 3 N–H and O–H groups in total. The summed E-state index contributed by atoms with van der Waals surface area (Å²) in [6, 6.07) is 7.29. The van der Waals surface area contributed by atoms with Crippen molar-refractivity contribution in [2.75, 3.05) is 13.1 Å². The van der Waals surface area contributed by atoms with E-state index >= 15 is 0 Å². The Morgan fingerprint density at radius 1 is 1.39 bits per heavy atom. The lowest BCUT2D eigenvalue weighted by Gasteiger charge is -2.04. The van der Waals surface area contributed by atoms with E-state index in [4.69, 9.17) is 5.73 Å². The molecule has 3 heteroatoms. The Kier molecular flexibility index (Phi) is 6.60. The van der Waals surface area contributed by atoms with Gasteiger partial charge in [-0.05, 0) is 24.6 Å². The van der Waals surface area contributed by atoms with Crippen LogP contribution in [0.3, 0.4) is 0 Å². The zero-order valence-corrected chi connectivity index (χ0v) is 10.8. The van der Waals surface area contributed by atoms with Crippen LogP contribution >= 0.6 is 0 Å². The van der Waals surface area contributed by atoms with Crippen molar-refractivity contribution in [3.8, 4) is 11.8 Å². The van der Waals surface area contributed by atoms with Gasteiger partial charge in [0.15, 0.2) is 0 Å². The number of unbranched alkanes of at least 4 members (excludes halogenated alkanes) is 2. The quantitative estimate of drug-likeness (QED) is 0.614. The number of hydrogen-bond donors (Lipinski definition) is 2. The highest BCUT2D eigenvalue weighted by Crippen LogP contribution is 2.04. The van der Waals surface area contributed by atoms with Crippen LogP contribution in [-0.2, 0) is 0 Å². The van der Waals surface area contributed by atoms with Gasteiger partial charge in [-0.2, -0.15) is 0 Å². The smallest absolute Gasteiger partial charge is 0.251 e. The van der Waals surface area contributed by atoms with Gasteiger partial charge >= 0.3 is 0 Å². The average Bonchev–Trinajstić information content (AvgIpc) is 2.41. The van der Waals surface area contributed by atoms with Crippen LogP contribution in [0.25, 0.3) is 0 Å². The van der Waals surface area contributed by atoms with Gasteiger partial charge in [-0.3, -0.25) is 4.79 Å². The van der Waals surface area contributed by atoms with Gasteiger partial charge in [-0.15, -0.1) is 0 Å². The maximum atomic E-state index is 11.8. The largest absolute Gasteiger partial charge is 0.352 e. The highest BCUT2D eigenvalue weighted by atomic mass is 16.1. The first-order valence-electron chi connectivity index (χ1n) is 6.35. The first-order valence-corrected chi connectivity index (χ1v) is 6.35. The Hall–Kier alpha value is -1.79. The molecule has 1 aromatic rings. The number of carbonyl (C=O) groups excluding carboxylic acids is 1. The van der Waals surface area contributed by atoms with Gasteiger partial charge in [0.25, 0.3) is 5.91 Å². The third-order valence-electron chi connectivity index (χ3n) is 2.53. The van der Waals surface area contributed by atoms with Crippen molar-refractivity contribution in [1.29, 1.82) is 0 Å². The lowest BCUT2D eigenvalue weighted by atomic mass is 10.1. The SMILES string of the molecule is CCCCCNC(=O)c1cccc(C#CCN)c1. The minimum atomic E-state index is -0.0394. The highest BCUT2D eigenvalue weighted by Gasteiger charge is 2.04. The van der Waals surface area contributed by atoms with E-state index in [1.54, 1.807) is 12.1 Å². The van der Waals surface area contributed by atoms with E-state index in [1.807, 2.05) is 12.1 Å². The molecule has 0 saturated carbocycles. The van der Waals surface area contributed by atoms with Crippen LogP contribution in [-0.4, -0.2) is 19.0 Å². The summed E-state index contributed by atoms with van der Waals surface area (Å²) >= 11 is 0. The summed E-state index contributed by atoms with van der Waals surface area (Å²) < 4.78 is 0. The van der Waals surface area contributed by atoms with Gasteiger partial charge in [0, 0.05) is 17.7 Å². The summed E-state index contributed by atoms with van der Waals surface area (Å²) in [5.74, 6) is 5.66. The molecule has 0 aliphatic carbocycles. The van der Waals surface area contributed by atoms with Gasteiger partial charge < -0.3 is 11.1 Å². The van der Waals surface area contributed by atoms with E-state index < -0.39 is 0 Å². The second-order valence-electron chi connectivity index (χ2n) is 4.05. The molecular formula is C15H20N2O. The summed E-state index contributed by atoms with van der Waals surface area (Å²) in [6.07, 6.45) is 3.32. The van der Waals surface area contributed by atoms with Crippen LogP contribution in [0.5, 0.6) is 0 Å². The summed E-state index contributed by atoms with van der Waals surface area (Å²) in [5.41, 5.74) is 6.78. The van der Waals surface area contributed by atoms with E-state index in [9.17, 15) is 4.79 Å². The normalized spacial score (nSPS) is 9.44. The van der Waals surface area contributed by atoms with Crippen molar-refractivity contribution < 1.29 is 4.79 Å². The van der Waals surface area contributed by atoms with Crippen LogP contribution in [0, 0.1) is 11.8 Å². The van der Waals surface area contributed by atoms with E-state index in [0.717, 1.165) is 31.4 Å². The van der Waals surface area contributed by atoms with Crippen LogP contribution < -0.4 is 11.1 Å². The van der Waals surface area contributed by atoms with E-state index in [-0.39, 0.29) is 5.91 Å². The minimum Gasteiger partial charge on any atom is -0.352 e. The predicted molar refractivity (Wildman–Crippen MR) is 74.2 cm³/mol. The van der Waals surface area contributed by atoms with Crippen LogP contribution in [0.4, 0.5) is 0 Å². The lowest BCUT2D eigenvalue weighted by Crippen LogP contribution is -2.24. The Morgan fingerprint density at radius 3 is 2.94 bits per heavy atom. The zero-order chi connectivity index (χ0) is 13.2. The third kappa shape index (κ3) is 5.03. The third-order valence-corrected chi connectivity index (χ3v) is 2.53. The maximum absolute atomic E-state index is 11.8. The molecule has 0 heterocycles. The van der Waals surface area contributed by atoms with E-state index in [2.05, 4.69) is 24.1 Å². The molecule has 0 spiro atoms. The number of amides is 1. The van der Waals surface area contributed by atoms with Crippen molar-refractivity contribution >= 4 is 5.91 Å². The number of hydrogen-bond acceptors (Lipinski definition) is 2. The standard InChI is InChI=1S/C15H20N2O/c1-2-3-4-11-17-15(18)14-9-5-7-13(12-14)8-6-10-16/h5,7,9,12H,2-4,10-11,16H2,1H3,(H,17,18). The first kappa shape index (κ1) is 14.3. The molecule has 0 atom stereocenters. The van der Waals surface area contributed by atoms with Gasteiger partial charge in [0.05, 0.1) is 6.54 Å². The van der Waals surface area contributed by atoms with Crippen molar-refractivity contribution in [1.82, 2.24) is 5.32 Å². The molecule has 0 aliphatic rings. The maximum Gasteiger partial charge on any atom is 0.251 e. The molecule has 1 aromatic carbocycles. The van der Waals surface area contributed by atoms with E-state index in [0.29, 0.717) is 12.1 Å². The lowest BCUT2D eigenvalue weighted by molar-refractivity contribution is 0.0953. The minimum absolute atomic E-state index is 0.0394. The first-order chi connectivity index (χ1) is 8.77. The molecule has 0 aromatic heterocycles. The highest BCUT2D eigenvalue weighted by molar-refractivity contribution is 5.94. The summed E-state index contributed by atoms with van der Waals surface area (Å²) in [6.45, 7) is 3.19. The van der Waals surface area contributed by atoms with Gasteiger partial charge in [-0.1, -0.05) is 37.7 Å². The van der Waals surface area contributed by atoms with Crippen molar-refractivity contribution in [3.63, 3.8) is 0 Å². The van der Waals surface area contributed by atoms with Crippen LogP contribution in [0.15, 0.2) is 24.3 Å². The molecule has 0 bridgehead atoms. The van der Waals surface area contributed by atoms with Gasteiger partial charge in [0.1, 0.15) is 0 Å². The Bertz CT molecular complexity index is 443. The molecular weight excluding hydrogens is 224 g/mol. The molecule has 3 nitrogen and oxygen atoms in total. The monoisotopic (exact) mass is 244 g/mol. The van der Waals surface area contributed by atoms with Crippen molar-refractivity contribution in [2.45, 2.75) is 26.2 Å². The van der Waals surface area contributed by atoms with Crippen LogP contribution in [0.2, 0.25) is 0 Å². The fraction of sp³-hybridized carbons (Fsp3) is 0.400. The Morgan fingerprint density at radius 2 is 2.22 bits per heavy atom. The molecule has 0 aliphatic heterocycles. The summed E-state index contributed by atoms with van der Waals surface area (Å²) in [4.78, 5) is 11.8. The fourth-order valence-corrected chi connectivity index (χ4v) is 1.57. The van der Waals surface area contributed by atoms with Crippen LogP contribution in [0.1, 0.15) is 42.1 Å². The number of nitrogens with two attached hydrogens (primary N) is 1. The second-order valence-corrected chi connectivity index (χ2v) is 4.05. The van der Waals surface area contributed by atoms with Gasteiger partial charge in [0.2, 0.25) is 0 Å². The molecule has 18 heavy (non-hydrogen) atoms.